The van der Waals surface area contributed by atoms with Crippen LogP contribution < -0.4 is 0 Å². The SMILES string of the molecule is CN(C)C(N(C)C)=[N+](C)C.O=[N+]([O-])[O-]. The van der Waals surface area contributed by atoms with Crippen molar-refractivity contribution in [2.45, 2.75) is 0 Å². The standard InChI is InChI=1S/C7H18N3.NO3/c1-8(2)7(9(3)4)10(5)6;2-1(3)4/h1-6H3;/q+1;-1. The van der Waals surface area contributed by atoms with Crippen molar-refractivity contribution in [2.24, 2.45) is 0 Å². The van der Waals surface area contributed by atoms with Crippen molar-refractivity contribution in [2.75, 3.05) is 42.3 Å². The summed E-state index contributed by atoms with van der Waals surface area (Å²) in [5.41, 5.74) is 0. The fourth-order valence-corrected chi connectivity index (χ4v) is 1.20. The van der Waals surface area contributed by atoms with Crippen molar-refractivity contribution in [1.82, 2.24) is 9.80 Å². The van der Waals surface area contributed by atoms with Crippen molar-refractivity contribution >= 4 is 5.96 Å². The minimum Gasteiger partial charge on any atom is -0.356 e. The van der Waals surface area contributed by atoms with E-state index in [1.54, 1.807) is 0 Å². The molecule has 0 saturated carbocycles. The summed E-state index contributed by atoms with van der Waals surface area (Å²) in [7, 11) is 12.2. The molecule has 0 atom stereocenters. The smallest absolute Gasteiger partial charge is 0.349 e. The Kier molecular flexibility index (Phi) is 7.41. The van der Waals surface area contributed by atoms with Gasteiger partial charge in [0.25, 0.3) is 0 Å². The average Bonchev–Trinajstić information content (AvgIpc) is 1.80. The lowest BCUT2D eigenvalue weighted by Crippen LogP contribution is -2.40. The summed E-state index contributed by atoms with van der Waals surface area (Å²) in [6.45, 7) is 0. The van der Waals surface area contributed by atoms with Crippen molar-refractivity contribution in [3.63, 3.8) is 0 Å². The summed E-state index contributed by atoms with van der Waals surface area (Å²) in [5.74, 6) is 1.19. The zero-order valence-corrected chi connectivity index (χ0v) is 9.51. The van der Waals surface area contributed by atoms with E-state index in [9.17, 15) is 0 Å². The second-order valence-corrected chi connectivity index (χ2v) is 3.21. The Labute approximate surface area is 84.0 Å². The fraction of sp³-hybridized carbons (Fsp3) is 0.857. The topological polar surface area (TPSA) is 75.7 Å². The molecule has 0 amide bonds. The summed E-state index contributed by atoms with van der Waals surface area (Å²) >= 11 is 0. The van der Waals surface area contributed by atoms with Crippen LogP contribution in [0.1, 0.15) is 0 Å². The number of nitrogens with zero attached hydrogens (tertiary/aromatic N) is 4. The quantitative estimate of drug-likeness (QED) is 0.175. The molecule has 0 spiro atoms. The fourth-order valence-electron chi connectivity index (χ4n) is 1.20. The van der Waals surface area contributed by atoms with E-state index in [1.807, 2.05) is 42.3 Å². The second kappa shape index (κ2) is 6.93. The third kappa shape index (κ3) is 8.57. The summed E-state index contributed by atoms with van der Waals surface area (Å²) in [6, 6.07) is 0. The Balaban J connectivity index is 0. The number of guanidine groups is 1. The molecule has 0 aromatic heterocycles. The Morgan fingerprint density at radius 2 is 1.21 bits per heavy atom. The van der Waals surface area contributed by atoms with Crippen LogP contribution in [0.3, 0.4) is 0 Å². The van der Waals surface area contributed by atoms with E-state index in [2.05, 4.69) is 14.4 Å². The van der Waals surface area contributed by atoms with Gasteiger partial charge in [-0.05, 0) is 0 Å². The molecule has 0 aliphatic heterocycles. The molecule has 0 heterocycles. The molecule has 0 radical (unpaired) electrons. The normalized spacial score (nSPS) is 8.14. The molecule has 0 aromatic rings. The van der Waals surface area contributed by atoms with Gasteiger partial charge in [-0.25, -0.2) is 0 Å². The highest BCUT2D eigenvalue weighted by atomic mass is 16.9. The molecule has 0 aromatic carbocycles. The van der Waals surface area contributed by atoms with E-state index < -0.39 is 5.09 Å². The first-order valence-electron chi connectivity index (χ1n) is 3.90. The molecule has 0 unspecified atom stereocenters. The van der Waals surface area contributed by atoms with Gasteiger partial charge in [0.15, 0.2) is 0 Å². The van der Waals surface area contributed by atoms with Crippen molar-refractivity contribution in [3.05, 3.63) is 15.3 Å². The average molecular weight is 206 g/mol. The number of hydrogen-bond acceptors (Lipinski definition) is 3. The lowest BCUT2D eigenvalue weighted by Gasteiger charge is -2.16. The molecule has 7 heteroatoms. The monoisotopic (exact) mass is 206 g/mol. The lowest BCUT2D eigenvalue weighted by molar-refractivity contribution is -0.475. The van der Waals surface area contributed by atoms with Crippen molar-refractivity contribution < 1.29 is 9.66 Å². The Morgan fingerprint density at radius 3 is 1.21 bits per heavy atom. The maximum atomic E-state index is 8.25. The molecular weight excluding hydrogens is 188 g/mol. The van der Waals surface area contributed by atoms with E-state index in [0.717, 1.165) is 0 Å². The van der Waals surface area contributed by atoms with Crippen LogP contribution >= 0.6 is 0 Å². The summed E-state index contributed by atoms with van der Waals surface area (Å²) < 4.78 is 2.08. The zero-order valence-electron chi connectivity index (χ0n) is 9.51. The Bertz CT molecular complexity index is 195. The minimum atomic E-state index is -1.75. The molecule has 84 valence electrons. The highest BCUT2D eigenvalue weighted by Gasteiger charge is 2.12. The van der Waals surface area contributed by atoms with Gasteiger partial charge in [0.05, 0.1) is 47.4 Å². The summed E-state index contributed by atoms with van der Waals surface area (Å²) in [6.07, 6.45) is 0. The van der Waals surface area contributed by atoms with Crippen LogP contribution in [0.2, 0.25) is 0 Å². The first-order valence-corrected chi connectivity index (χ1v) is 3.90. The van der Waals surface area contributed by atoms with Crippen LogP contribution in [-0.2, 0) is 0 Å². The molecule has 0 fully saturated rings. The van der Waals surface area contributed by atoms with Gasteiger partial charge in [0, 0.05) is 0 Å². The highest BCUT2D eigenvalue weighted by Crippen LogP contribution is 1.84. The van der Waals surface area contributed by atoms with Gasteiger partial charge in [0.1, 0.15) is 0 Å². The highest BCUT2D eigenvalue weighted by molar-refractivity contribution is 5.73. The molecule has 0 saturated heterocycles. The predicted octanol–water partition coefficient (Wildman–Crippen LogP) is -0.501. The van der Waals surface area contributed by atoms with Crippen molar-refractivity contribution in [1.29, 1.82) is 0 Å². The van der Waals surface area contributed by atoms with Gasteiger partial charge in [-0.3, -0.25) is 14.4 Å². The van der Waals surface area contributed by atoms with Gasteiger partial charge in [-0.1, -0.05) is 0 Å². The molecular formula is C7H18N4O3. The van der Waals surface area contributed by atoms with E-state index in [1.165, 1.54) is 5.96 Å². The molecule has 0 rings (SSSR count). The Morgan fingerprint density at radius 1 is 1.00 bits per heavy atom. The van der Waals surface area contributed by atoms with Gasteiger partial charge >= 0.3 is 5.96 Å². The first kappa shape index (κ1) is 15.0. The van der Waals surface area contributed by atoms with Crippen LogP contribution in [0.25, 0.3) is 0 Å². The zero-order chi connectivity index (χ0) is 11.9. The summed E-state index contributed by atoms with van der Waals surface area (Å²) in [4.78, 5) is 12.4. The van der Waals surface area contributed by atoms with E-state index >= 15 is 0 Å². The minimum absolute atomic E-state index is 1.19. The van der Waals surface area contributed by atoms with Crippen LogP contribution in [0, 0.1) is 15.3 Å². The van der Waals surface area contributed by atoms with Gasteiger partial charge in [-0.15, -0.1) is 0 Å². The van der Waals surface area contributed by atoms with Crippen LogP contribution in [-0.4, -0.2) is 67.7 Å². The van der Waals surface area contributed by atoms with E-state index in [4.69, 9.17) is 15.3 Å². The molecule has 0 bridgehead atoms. The largest absolute Gasteiger partial charge is 0.356 e. The van der Waals surface area contributed by atoms with Crippen LogP contribution in [0.15, 0.2) is 0 Å². The first-order chi connectivity index (χ1) is 6.20. The van der Waals surface area contributed by atoms with Gasteiger partial charge < -0.3 is 15.3 Å². The van der Waals surface area contributed by atoms with Gasteiger partial charge in [0.2, 0.25) is 0 Å². The Hall–Kier alpha value is -1.53. The summed E-state index contributed by atoms with van der Waals surface area (Å²) in [5, 5.41) is 14.8. The molecule has 0 N–H and O–H groups in total. The maximum Gasteiger partial charge on any atom is 0.349 e. The molecule has 0 aliphatic rings. The molecule has 7 nitrogen and oxygen atoms in total. The third-order valence-corrected chi connectivity index (χ3v) is 1.20. The number of hydrogen-bond donors (Lipinski definition) is 0. The second-order valence-electron chi connectivity index (χ2n) is 3.21. The van der Waals surface area contributed by atoms with Crippen LogP contribution in [0.5, 0.6) is 0 Å². The third-order valence-electron chi connectivity index (χ3n) is 1.20. The van der Waals surface area contributed by atoms with Crippen molar-refractivity contribution in [3.8, 4) is 0 Å². The molecule has 0 aliphatic carbocycles. The molecule has 14 heavy (non-hydrogen) atoms. The van der Waals surface area contributed by atoms with Crippen LogP contribution in [0.4, 0.5) is 0 Å². The maximum absolute atomic E-state index is 8.25. The predicted molar refractivity (Wildman–Crippen MR) is 54.9 cm³/mol. The van der Waals surface area contributed by atoms with E-state index in [0.29, 0.717) is 0 Å². The van der Waals surface area contributed by atoms with E-state index in [-0.39, 0.29) is 0 Å². The lowest BCUT2D eigenvalue weighted by atomic mass is 10.7. The van der Waals surface area contributed by atoms with Gasteiger partial charge in [-0.2, -0.15) is 0 Å². The number of rotatable bonds is 0.